The third kappa shape index (κ3) is 2.77. The van der Waals surface area contributed by atoms with E-state index in [0.717, 1.165) is 41.2 Å². The van der Waals surface area contributed by atoms with Gasteiger partial charge in [0.1, 0.15) is 10.5 Å². The van der Waals surface area contributed by atoms with Crippen molar-refractivity contribution in [3.05, 3.63) is 34.1 Å². The minimum atomic E-state index is -0.0742. The van der Waals surface area contributed by atoms with Crippen LogP contribution in [0.1, 0.15) is 17.9 Å². The van der Waals surface area contributed by atoms with E-state index in [4.69, 9.17) is 4.74 Å². The van der Waals surface area contributed by atoms with Gasteiger partial charge in [0, 0.05) is 36.3 Å². The first-order valence-corrected chi connectivity index (χ1v) is 8.74. The SMILES string of the molecule is COC1CCN(Cc2nc3cc(-c4cn[nH]c4C)sc3c(=O)[nH]2)C1. The average Bonchev–Trinajstić information content (AvgIpc) is 3.26. The lowest BCUT2D eigenvalue weighted by Gasteiger charge is -2.14. The van der Waals surface area contributed by atoms with E-state index in [1.165, 1.54) is 11.3 Å². The molecule has 0 aliphatic carbocycles. The van der Waals surface area contributed by atoms with Crippen molar-refractivity contribution < 1.29 is 4.74 Å². The maximum atomic E-state index is 12.4. The highest BCUT2D eigenvalue weighted by Crippen LogP contribution is 2.32. The van der Waals surface area contributed by atoms with Crippen LogP contribution in [-0.2, 0) is 11.3 Å². The van der Waals surface area contributed by atoms with Gasteiger partial charge in [0.05, 0.1) is 24.4 Å². The minimum Gasteiger partial charge on any atom is -0.380 e. The molecule has 0 aromatic carbocycles. The van der Waals surface area contributed by atoms with Crippen LogP contribution in [0.25, 0.3) is 20.7 Å². The highest BCUT2D eigenvalue weighted by Gasteiger charge is 2.23. The molecule has 1 aliphatic rings. The van der Waals surface area contributed by atoms with Crippen molar-refractivity contribution in [2.45, 2.75) is 26.0 Å². The van der Waals surface area contributed by atoms with Crippen LogP contribution >= 0.6 is 11.3 Å². The van der Waals surface area contributed by atoms with E-state index >= 15 is 0 Å². The number of aromatic nitrogens is 4. The minimum absolute atomic E-state index is 0.0742. The zero-order valence-corrected chi connectivity index (χ0v) is 14.4. The Morgan fingerprint density at radius 2 is 2.38 bits per heavy atom. The molecule has 24 heavy (non-hydrogen) atoms. The quantitative estimate of drug-likeness (QED) is 0.754. The zero-order chi connectivity index (χ0) is 16.7. The second-order valence-electron chi connectivity index (χ2n) is 6.13. The van der Waals surface area contributed by atoms with Crippen molar-refractivity contribution in [2.24, 2.45) is 0 Å². The fraction of sp³-hybridized carbons (Fsp3) is 0.438. The molecule has 4 rings (SSSR count). The lowest BCUT2D eigenvalue weighted by atomic mass is 10.2. The van der Waals surface area contributed by atoms with Gasteiger partial charge >= 0.3 is 0 Å². The largest absolute Gasteiger partial charge is 0.380 e. The molecule has 1 unspecified atom stereocenters. The van der Waals surface area contributed by atoms with Crippen molar-refractivity contribution in [3.8, 4) is 10.4 Å². The second kappa shape index (κ2) is 6.12. The lowest BCUT2D eigenvalue weighted by Crippen LogP contribution is -2.25. The molecule has 1 saturated heterocycles. The van der Waals surface area contributed by atoms with Crippen molar-refractivity contribution in [1.82, 2.24) is 25.1 Å². The number of H-pyrrole nitrogens is 2. The van der Waals surface area contributed by atoms with Crippen LogP contribution in [0.15, 0.2) is 17.1 Å². The van der Waals surface area contributed by atoms with Gasteiger partial charge < -0.3 is 9.72 Å². The van der Waals surface area contributed by atoms with Crippen LogP contribution in [0.5, 0.6) is 0 Å². The molecule has 1 atom stereocenters. The predicted molar refractivity (Wildman–Crippen MR) is 93.3 cm³/mol. The Kier molecular flexibility index (Phi) is 3.95. The number of rotatable bonds is 4. The molecule has 126 valence electrons. The van der Waals surface area contributed by atoms with E-state index < -0.39 is 0 Å². The van der Waals surface area contributed by atoms with E-state index in [9.17, 15) is 4.79 Å². The number of aromatic amines is 2. The number of nitrogens with one attached hydrogen (secondary N) is 2. The van der Waals surface area contributed by atoms with E-state index in [1.54, 1.807) is 13.3 Å². The summed E-state index contributed by atoms with van der Waals surface area (Å²) in [7, 11) is 1.74. The van der Waals surface area contributed by atoms with E-state index in [1.807, 2.05) is 13.0 Å². The van der Waals surface area contributed by atoms with Crippen LogP contribution < -0.4 is 5.56 Å². The number of likely N-dealkylation sites (tertiary alicyclic amines) is 1. The summed E-state index contributed by atoms with van der Waals surface area (Å²) in [4.78, 5) is 23.2. The number of fused-ring (bicyclic) bond motifs is 1. The Balaban J connectivity index is 1.65. The number of hydrogen-bond acceptors (Lipinski definition) is 6. The molecule has 2 N–H and O–H groups in total. The summed E-state index contributed by atoms with van der Waals surface area (Å²) in [6, 6.07) is 1.97. The Morgan fingerprint density at radius 3 is 3.08 bits per heavy atom. The number of aryl methyl sites for hydroxylation is 1. The lowest BCUT2D eigenvalue weighted by molar-refractivity contribution is 0.107. The van der Waals surface area contributed by atoms with E-state index in [2.05, 4.69) is 25.1 Å². The van der Waals surface area contributed by atoms with Crippen molar-refractivity contribution in [1.29, 1.82) is 0 Å². The number of thiophene rings is 1. The molecule has 3 aromatic rings. The third-order valence-electron chi connectivity index (χ3n) is 4.46. The molecular formula is C16H19N5O2S. The molecule has 0 radical (unpaired) electrons. The fourth-order valence-electron chi connectivity index (χ4n) is 3.14. The summed E-state index contributed by atoms with van der Waals surface area (Å²) < 4.78 is 6.05. The molecule has 0 bridgehead atoms. The first-order chi connectivity index (χ1) is 11.6. The first-order valence-electron chi connectivity index (χ1n) is 7.92. The van der Waals surface area contributed by atoms with Gasteiger partial charge in [0.15, 0.2) is 0 Å². The van der Waals surface area contributed by atoms with E-state index in [0.29, 0.717) is 17.1 Å². The Hall–Kier alpha value is -2.03. The van der Waals surface area contributed by atoms with Gasteiger partial charge in [-0.2, -0.15) is 5.10 Å². The number of hydrogen-bond donors (Lipinski definition) is 2. The Morgan fingerprint density at radius 1 is 1.50 bits per heavy atom. The number of methoxy groups -OCH3 is 1. The normalized spacial score (nSPS) is 18.7. The molecule has 0 saturated carbocycles. The summed E-state index contributed by atoms with van der Waals surface area (Å²) in [6.07, 6.45) is 3.08. The van der Waals surface area contributed by atoms with Gasteiger partial charge in [-0.3, -0.25) is 14.8 Å². The Bertz CT molecular complexity index is 928. The summed E-state index contributed by atoms with van der Waals surface area (Å²) in [5.41, 5.74) is 2.68. The van der Waals surface area contributed by atoms with Crippen LogP contribution in [0.3, 0.4) is 0 Å². The van der Waals surface area contributed by atoms with Gasteiger partial charge in [-0.1, -0.05) is 0 Å². The molecule has 1 fully saturated rings. The van der Waals surface area contributed by atoms with Crippen LogP contribution in [-0.4, -0.2) is 51.4 Å². The van der Waals surface area contributed by atoms with Crippen molar-refractivity contribution in [2.75, 3.05) is 20.2 Å². The second-order valence-corrected chi connectivity index (χ2v) is 7.18. The summed E-state index contributed by atoms with van der Waals surface area (Å²) in [5, 5.41) is 6.98. The summed E-state index contributed by atoms with van der Waals surface area (Å²) in [6.45, 7) is 4.45. The topological polar surface area (TPSA) is 86.9 Å². The van der Waals surface area contributed by atoms with Gasteiger partial charge in [-0.15, -0.1) is 11.3 Å². The van der Waals surface area contributed by atoms with Gasteiger partial charge in [-0.05, 0) is 19.4 Å². The molecule has 0 spiro atoms. The number of ether oxygens (including phenoxy) is 1. The predicted octanol–water partition coefficient (Wildman–Crippen LogP) is 1.90. The van der Waals surface area contributed by atoms with E-state index in [-0.39, 0.29) is 11.7 Å². The molecule has 1 aliphatic heterocycles. The fourth-order valence-corrected chi connectivity index (χ4v) is 4.20. The highest BCUT2D eigenvalue weighted by atomic mass is 32.1. The zero-order valence-electron chi connectivity index (χ0n) is 13.6. The van der Waals surface area contributed by atoms with Crippen LogP contribution in [0, 0.1) is 6.92 Å². The van der Waals surface area contributed by atoms with Crippen molar-refractivity contribution >= 4 is 21.6 Å². The maximum absolute atomic E-state index is 12.4. The van der Waals surface area contributed by atoms with Crippen molar-refractivity contribution in [3.63, 3.8) is 0 Å². The average molecular weight is 345 g/mol. The molecule has 8 heteroatoms. The molecule has 7 nitrogen and oxygen atoms in total. The maximum Gasteiger partial charge on any atom is 0.268 e. The molecule has 0 amide bonds. The Labute approximate surface area is 142 Å². The summed E-state index contributed by atoms with van der Waals surface area (Å²) >= 11 is 1.45. The monoisotopic (exact) mass is 345 g/mol. The van der Waals surface area contributed by atoms with Gasteiger partial charge in [0.2, 0.25) is 0 Å². The van der Waals surface area contributed by atoms with Crippen LogP contribution in [0.4, 0.5) is 0 Å². The standard InChI is InChI=1S/C16H19N5O2S/c1-9-11(6-17-20-9)13-5-12-15(24-13)16(22)19-14(18-12)8-21-4-3-10(7-21)23-2/h5-6,10H,3-4,7-8H2,1-2H3,(H,17,20)(H,18,19,22). The molecular weight excluding hydrogens is 326 g/mol. The summed E-state index contributed by atoms with van der Waals surface area (Å²) in [5.74, 6) is 0.706. The molecule has 3 aromatic heterocycles. The van der Waals surface area contributed by atoms with Gasteiger partial charge in [-0.25, -0.2) is 4.98 Å². The smallest absolute Gasteiger partial charge is 0.268 e. The van der Waals surface area contributed by atoms with Crippen LogP contribution in [0.2, 0.25) is 0 Å². The third-order valence-corrected chi connectivity index (χ3v) is 5.62. The van der Waals surface area contributed by atoms with Gasteiger partial charge in [0.25, 0.3) is 5.56 Å². The molecule has 4 heterocycles. The highest BCUT2D eigenvalue weighted by molar-refractivity contribution is 7.22. The number of nitrogens with zero attached hydrogens (tertiary/aromatic N) is 3. The first kappa shape index (κ1) is 15.5.